The van der Waals surface area contributed by atoms with Crippen LogP contribution in [-0.2, 0) is 4.74 Å². The number of aromatic nitrogens is 1. The molecule has 4 nitrogen and oxygen atoms in total. The summed E-state index contributed by atoms with van der Waals surface area (Å²) in [7, 11) is 0. The lowest BCUT2D eigenvalue weighted by Gasteiger charge is -2.07. The first kappa shape index (κ1) is 14.4. The summed E-state index contributed by atoms with van der Waals surface area (Å²) < 4.78 is 39.8. The molecule has 108 valence electrons. The summed E-state index contributed by atoms with van der Waals surface area (Å²) in [4.78, 5) is 14.7. The van der Waals surface area contributed by atoms with Crippen molar-refractivity contribution in [2.75, 3.05) is 19.8 Å². The molecule has 0 spiro atoms. The van der Waals surface area contributed by atoms with Gasteiger partial charge in [-0.15, -0.1) is 0 Å². The number of hydrogen-bond donors (Lipinski definition) is 2. The third-order valence-electron chi connectivity index (χ3n) is 2.57. The van der Waals surface area contributed by atoms with Crippen molar-refractivity contribution >= 4 is 16.8 Å². The molecule has 1 amide bonds. The van der Waals surface area contributed by atoms with Gasteiger partial charge in [0.15, 0.2) is 0 Å². The summed E-state index contributed by atoms with van der Waals surface area (Å²) in [6, 6.07) is 9.06. The number of carbonyl (C=O) groups excluding carboxylic acids is 1. The van der Waals surface area contributed by atoms with Gasteiger partial charge < -0.3 is 15.0 Å². The fraction of sp³-hybridized carbons (Fsp3) is 0.308. The number of nitrogens with one attached hydrogen (secondary N) is 2. The fourth-order valence-electron chi connectivity index (χ4n) is 1.72. The summed E-state index contributed by atoms with van der Waals surface area (Å²) in [5, 5.41) is 3.38. The van der Waals surface area contributed by atoms with Crippen molar-refractivity contribution in [1.82, 2.24) is 10.3 Å². The lowest BCUT2D eigenvalue weighted by molar-refractivity contribution is -0.173. The van der Waals surface area contributed by atoms with Crippen LogP contribution in [0.4, 0.5) is 13.2 Å². The Bertz CT molecular complexity index is 560. The molecule has 1 aromatic carbocycles. The number of carbonyl (C=O) groups is 1. The first-order valence-corrected chi connectivity index (χ1v) is 5.96. The number of halogens is 3. The quantitative estimate of drug-likeness (QED) is 0.830. The molecule has 0 aliphatic rings. The summed E-state index contributed by atoms with van der Waals surface area (Å²) >= 11 is 0. The van der Waals surface area contributed by atoms with Crippen LogP contribution in [0.25, 0.3) is 10.9 Å². The maximum absolute atomic E-state index is 11.8. The van der Waals surface area contributed by atoms with Crippen LogP contribution < -0.4 is 5.32 Å². The first-order chi connectivity index (χ1) is 9.46. The Kier molecular flexibility index (Phi) is 4.29. The van der Waals surface area contributed by atoms with Gasteiger partial charge in [-0.25, -0.2) is 0 Å². The third kappa shape index (κ3) is 3.99. The molecular weight excluding hydrogens is 273 g/mol. The number of H-pyrrole nitrogens is 1. The van der Waals surface area contributed by atoms with E-state index in [4.69, 9.17) is 0 Å². The maximum Gasteiger partial charge on any atom is 0.411 e. The zero-order valence-electron chi connectivity index (χ0n) is 10.5. The van der Waals surface area contributed by atoms with Crippen LogP contribution in [0, 0.1) is 0 Å². The first-order valence-electron chi connectivity index (χ1n) is 5.96. The third-order valence-corrected chi connectivity index (χ3v) is 2.57. The van der Waals surface area contributed by atoms with E-state index in [2.05, 4.69) is 15.0 Å². The van der Waals surface area contributed by atoms with Crippen molar-refractivity contribution in [1.29, 1.82) is 0 Å². The van der Waals surface area contributed by atoms with E-state index in [0.29, 0.717) is 5.69 Å². The molecule has 0 saturated heterocycles. The monoisotopic (exact) mass is 286 g/mol. The summed E-state index contributed by atoms with van der Waals surface area (Å²) in [6.07, 6.45) is -4.35. The molecule has 0 atom stereocenters. The summed E-state index contributed by atoms with van der Waals surface area (Å²) in [5.74, 6) is -0.378. The number of hydrogen-bond acceptors (Lipinski definition) is 2. The highest BCUT2D eigenvalue weighted by Crippen LogP contribution is 2.15. The number of alkyl halides is 3. The Morgan fingerprint density at radius 1 is 1.30 bits per heavy atom. The van der Waals surface area contributed by atoms with Gasteiger partial charge in [-0.2, -0.15) is 13.2 Å². The molecule has 0 bridgehead atoms. The molecule has 0 radical (unpaired) electrons. The second-order valence-corrected chi connectivity index (χ2v) is 4.19. The molecule has 0 saturated carbocycles. The highest BCUT2D eigenvalue weighted by molar-refractivity contribution is 5.97. The van der Waals surface area contributed by atoms with E-state index in [1.165, 1.54) is 0 Å². The molecule has 2 rings (SSSR count). The van der Waals surface area contributed by atoms with E-state index < -0.39 is 12.8 Å². The Labute approximate surface area is 112 Å². The minimum absolute atomic E-state index is 0.0181. The van der Waals surface area contributed by atoms with Crippen molar-refractivity contribution in [2.24, 2.45) is 0 Å². The number of rotatable bonds is 5. The molecule has 1 aromatic heterocycles. The number of ether oxygens (including phenoxy) is 1. The van der Waals surface area contributed by atoms with Gasteiger partial charge in [-0.05, 0) is 12.1 Å². The predicted molar refractivity (Wildman–Crippen MR) is 67.5 cm³/mol. The average Bonchev–Trinajstić information content (AvgIpc) is 2.80. The zero-order valence-corrected chi connectivity index (χ0v) is 10.5. The highest BCUT2D eigenvalue weighted by Gasteiger charge is 2.27. The van der Waals surface area contributed by atoms with Crippen molar-refractivity contribution in [3.8, 4) is 0 Å². The Hall–Kier alpha value is -2.02. The van der Waals surface area contributed by atoms with Gasteiger partial charge in [0, 0.05) is 17.4 Å². The van der Waals surface area contributed by atoms with E-state index in [1.54, 1.807) is 6.07 Å². The lowest BCUT2D eigenvalue weighted by Crippen LogP contribution is -2.29. The van der Waals surface area contributed by atoms with Crippen LogP contribution in [0.3, 0.4) is 0 Å². The molecule has 0 fully saturated rings. The van der Waals surface area contributed by atoms with Crippen LogP contribution in [-0.4, -0.2) is 36.8 Å². The van der Waals surface area contributed by atoms with Gasteiger partial charge in [-0.1, -0.05) is 18.2 Å². The second kappa shape index (κ2) is 5.96. The summed E-state index contributed by atoms with van der Waals surface area (Å²) in [5.41, 5.74) is 1.19. The number of aromatic amines is 1. The van der Waals surface area contributed by atoms with Crippen molar-refractivity contribution < 1.29 is 22.7 Å². The molecule has 0 aliphatic carbocycles. The predicted octanol–water partition coefficient (Wildman–Crippen LogP) is 2.48. The molecular formula is C13H13F3N2O2. The minimum Gasteiger partial charge on any atom is -0.370 e. The van der Waals surface area contributed by atoms with Crippen LogP contribution in [0.1, 0.15) is 10.5 Å². The molecule has 7 heteroatoms. The number of amides is 1. The Balaban J connectivity index is 1.80. The Morgan fingerprint density at radius 2 is 2.05 bits per heavy atom. The fourth-order valence-corrected chi connectivity index (χ4v) is 1.72. The van der Waals surface area contributed by atoms with Crippen LogP contribution >= 0.6 is 0 Å². The van der Waals surface area contributed by atoms with Gasteiger partial charge in [0.2, 0.25) is 0 Å². The SMILES string of the molecule is O=C(NCCOCC(F)(F)F)c1cc2ccccc2[nH]1. The lowest BCUT2D eigenvalue weighted by atomic mass is 10.2. The molecule has 20 heavy (non-hydrogen) atoms. The van der Waals surface area contributed by atoms with Gasteiger partial charge in [-0.3, -0.25) is 4.79 Å². The van der Waals surface area contributed by atoms with Crippen molar-refractivity contribution in [2.45, 2.75) is 6.18 Å². The molecule has 2 N–H and O–H groups in total. The largest absolute Gasteiger partial charge is 0.411 e. The van der Waals surface area contributed by atoms with Crippen molar-refractivity contribution in [3.63, 3.8) is 0 Å². The van der Waals surface area contributed by atoms with Crippen LogP contribution in [0.15, 0.2) is 30.3 Å². The van der Waals surface area contributed by atoms with Crippen molar-refractivity contribution in [3.05, 3.63) is 36.0 Å². The standard InChI is InChI=1S/C13H13F3N2O2/c14-13(15,16)8-20-6-5-17-12(19)11-7-9-3-1-2-4-10(9)18-11/h1-4,7,18H,5-6,8H2,(H,17,19). The molecule has 0 aliphatic heterocycles. The van der Waals surface area contributed by atoms with E-state index in [1.807, 2.05) is 24.3 Å². The van der Waals surface area contributed by atoms with E-state index in [-0.39, 0.29) is 19.1 Å². The van der Waals surface area contributed by atoms with Crippen LogP contribution in [0.2, 0.25) is 0 Å². The highest BCUT2D eigenvalue weighted by atomic mass is 19.4. The van der Waals surface area contributed by atoms with Crippen LogP contribution in [0.5, 0.6) is 0 Å². The number of benzene rings is 1. The molecule has 2 aromatic rings. The normalized spacial score (nSPS) is 11.8. The average molecular weight is 286 g/mol. The van der Waals surface area contributed by atoms with E-state index in [9.17, 15) is 18.0 Å². The smallest absolute Gasteiger partial charge is 0.370 e. The number of fused-ring (bicyclic) bond motifs is 1. The molecule has 1 heterocycles. The topological polar surface area (TPSA) is 54.1 Å². The van der Waals surface area contributed by atoms with Gasteiger partial charge in [0.1, 0.15) is 12.3 Å². The van der Waals surface area contributed by atoms with Gasteiger partial charge in [0.25, 0.3) is 5.91 Å². The maximum atomic E-state index is 11.8. The Morgan fingerprint density at radius 3 is 2.75 bits per heavy atom. The van der Waals surface area contributed by atoms with E-state index in [0.717, 1.165) is 10.9 Å². The van der Waals surface area contributed by atoms with Gasteiger partial charge >= 0.3 is 6.18 Å². The number of para-hydroxylation sites is 1. The second-order valence-electron chi connectivity index (χ2n) is 4.19. The molecule has 0 unspecified atom stereocenters. The van der Waals surface area contributed by atoms with E-state index >= 15 is 0 Å². The zero-order chi connectivity index (χ0) is 14.6. The van der Waals surface area contributed by atoms with Gasteiger partial charge in [0.05, 0.1) is 6.61 Å². The summed E-state index contributed by atoms with van der Waals surface area (Å²) in [6.45, 7) is -1.48. The minimum atomic E-state index is -4.35.